The average molecular weight is 2080 g/mol. The second-order valence-corrected chi connectivity index (χ2v) is 67.5. The first kappa shape index (κ1) is 135. The predicted octanol–water partition coefficient (Wildman–Crippen LogP) is 41.2. The van der Waals surface area contributed by atoms with Crippen molar-refractivity contribution in [2.75, 3.05) is 13.2 Å². The third-order valence-corrected chi connectivity index (χ3v) is 31.9. The third kappa shape index (κ3) is 66.1. The van der Waals surface area contributed by atoms with Gasteiger partial charge >= 0.3 is 20.4 Å². The number of aliphatic hydroxyl groups excluding tert-OH is 2. The fraction of sp³-hybridized carbons (Fsp3) is 0.726. The molecule has 0 unspecified atom stereocenters. The Bertz CT molecular complexity index is 3470. The van der Waals surface area contributed by atoms with Gasteiger partial charge in [-0.15, -0.1) is 0 Å². The molecule has 2 aliphatic heterocycles. The Kier molecular flexibility index (Phi) is 83.6. The Morgan fingerprint density at radius 1 is 0.235 bits per heavy atom. The Balaban J connectivity index is 0. The third-order valence-electron chi connectivity index (χ3n) is 26.0. The standard InChI is InChI=1S/C40H68N2Si4.C36H52N2.2C22H45.2C2H6O.Ni.Pd/c1-15-17-19-37-38(20-18-16-2)40(36-25-33(29-45(9,10)11)22-34(26-36)30-46(12,13)14)42(41)39(37)35-23-31(27-43(3,4)5)21-32(24-35)28-44(6,7)8;1-6-11-16-28-21-29(17-12-7-2)24-33(23-28)35-27-32(20-15-10-5)36(38(35)37)34-25-30(18-13-8-3)22-31(26-34)19-14-9-4;2*1-3-5-7-9-11-13-15-17-19-21-22-20-18-16-14-12-10-8-6-4-2;2*1-2-3;;/h21-26H,15-20,27-30H2,1-14H3;21-27H,6-20H2,1-5H3;2*1,3-22H2,2H3;2*3H,2H2,1H3;;/q;;2*-1;;;;+2. The average Bonchev–Trinajstić information content (AvgIpc) is 1.60. The molecule has 0 saturated heterocycles. The molecule has 4 aromatic carbocycles. The van der Waals surface area contributed by atoms with Crippen LogP contribution in [-0.2, 0) is 86.8 Å². The van der Waals surface area contributed by atoms with Crippen LogP contribution in [0.25, 0.3) is 33.9 Å². The van der Waals surface area contributed by atoms with Gasteiger partial charge in [-0.1, -0.05) is 454 Å². The van der Waals surface area contributed by atoms with Gasteiger partial charge in [0.1, 0.15) is 0 Å². The molecule has 2 heterocycles. The largest absolute Gasteiger partial charge is 2.00 e. The molecule has 0 aliphatic carbocycles. The number of nitrogens with zero attached hydrogens (tertiary/aromatic N) is 4. The van der Waals surface area contributed by atoms with Gasteiger partial charge in [0.2, 0.25) is 22.8 Å². The molecule has 136 heavy (non-hydrogen) atoms. The zero-order valence-electron chi connectivity index (χ0n) is 94.1. The van der Waals surface area contributed by atoms with Gasteiger partial charge in [-0.05, 0) is 221 Å². The van der Waals surface area contributed by atoms with E-state index in [1.54, 1.807) is 18.5 Å². The Morgan fingerprint density at radius 2 is 0.419 bits per heavy atom. The van der Waals surface area contributed by atoms with E-state index in [1.165, 1.54) is 402 Å². The monoisotopic (exact) mass is 2080 g/mol. The summed E-state index contributed by atoms with van der Waals surface area (Å²) >= 11 is 0. The maximum absolute atomic E-state index is 12.5. The van der Waals surface area contributed by atoms with Crippen molar-refractivity contribution in [1.82, 2.24) is 0 Å². The Morgan fingerprint density at radius 3 is 0.640 bits per heavy atom. The van der Waals surface area contributed by atoms with Gasteiger partial charge in [0, 0.05) is 107 Å². The molecule has 0 saturated carbocycles. The molecule has 0 spiro atoms. The van der Waals surface area contributed by atoms with Gasteiger partial charge in [-0.2, -0.15) is 12.8 Å². The number of hydrogen-bond donors (Lipinski definition) is 2. The minimum atomic E-state index is -1.33. The van der Waals surface area contributed by atoms with Crippen LogP contribution in [-0.4, -0.2) is 65.1 Å². The number of benzene rings is 4. The Hall–Kier alpha value is -3.02. The van der Waals surface area contributed by atoms with Crippen molar-refractivity contribution in [1.29, 1.82) is 0 Å². The molecule has 2 N–H and O–H groups in total. The van der Waals surface area contributed by atoms with E-state index in [0.717, 1.165) is 125 Å². The summed E-state index contributed by atoms with van der Waals surface area (Å²) in [5.74, 6) is 0. The van der Waals surface area contributed by atoms with Crippen molar-refractivity contribution in [3.05, 3.63) is 187 Å². The van der Waals surface area contributed by atoms with E-state index in [9.17, 15) is 11.1 Å². The number of allylic oxidation sites excluding steroid dienone is 4. The predicted molar refractivity (Wildman–Crippen MR) is 615 cm³/mol. The van der Waals surface area contributed by atoms with Crippen molar-refractivity contribution in [3.8, 4) is 0 Å². The number of rotatable bonds is 71. The molecule has 6 nitrogen and oxygen atoms in total. The van der Waals surface area contributed by atoms with Crippen molar-refractivity contribution in [3.63, 3.8) is 0 Å². The zero-order chi connectivity index (χ0) is 99.7. The van der Waals surface area contributed by atoms with E-state index in [0.29, 0.717) is 0 Å². The molecule has 12 heteroatoms. The molecule has 6 rings (SSSR count). The van der Waals surface area contributed by atoms with E-state index in [4.69, 9.17) is 10.2 Å². The number of aryl methyl sites for hydroxylation is 4. The van der Waals surface area contributed by atoms with Crippen molar-refractivity contribution in [2.45, 2.75) is 571 Å². The van der Waals surface area contributed by atoms with Gasteiger partial charge in [-0.25, -0.2) is 9.39 Å². The van der Waals surface area contributed by atoms with Crippen LogP contribution >= 0.6 is 0 Å². The summed E-state index contributed by atoms with van der Waals surface area (Å²) in [5, 5.41) is 15.1. The number of unbranched alkanes of at least 4 members (excludes halogenated alkanes) is 45. The van der Waals surface area contributed by atoms with Crippen LogP contribution in [0.15, 0.2) is 95.6 Å². The van der Waals surface area contributed by atoms with E-state index in [-0.39, 0.29) is 50.1 Å². The van der Waals surface area contributed by atoms with Gasteiger partial charge in [0.25, 0.3) is 0 Å². The van der Waals surface area contributed by atoms with Gasteiger partial charge in [-0.3, -0.25) is 0 Å². The molecule has 0 atom stereocenters. The molecular weight excluding hydrogens is 1850 g/mol. The summed E-state index contributed by atoms with van der Waals surface area (Å²) in [6, 6.07) is 33.6. The van der Waals surface area contributed by atoms with Crippen LogP contribution in [0.5, 0.6) is 0 Å². The summed E-state index contributed by atoms with van der Waals surface area (Å²) in [6.07, 6.45) is 83.8. The second kappa shape index (κ2) is 84.2. The molecule has 0 fully saturated rings. The van der Waals surface area contributed by atoms with Crippen LogP contribution in [0.4, 0.5) is 0 Å². The molecule has 0 amide bonds. The molecule has 0 bridgehead atoms. The quantitative estimate of drug-likeness (QED) is 0.0200. The van der Waals surface area contributed by atoms with Crippen LogP contribution in [0.3, 0.4) is 0 Å². The summed E-state index contributed by atoms with van der Waals surface area (Å²) < 4.78 is 3.18. The molecule has 786 valence electrons. The van der Waals surface area contributed by atoms with E-state index in [2.05, 4.69) is 234 Å². The molecule has 0 radical (unpaired) electrons. The van der Waals surface area contributed by atoms with Crippen LogP contribution in [0.2, 0.25) is 78.6 Å². The van der Waals surface area contributed by atoms with Crippen molar-refractivity contribution in [2.24, 2.45) is 0 Å². The van der Waals surface area contributed by atoms with Gasteiger partial charge in [0.05, 0.1) is 0 Å². The zero-order valence-corrected chi connectivity index (χ0v) is 101. The van der Waals surface area contributed by atoms with Gasteiger partial charge in [0.15, 0.2) is 0 Å². The summed E-state index contributed by atoms with van der Waals surface area (Å²) in [5.41, 5.74) is 48.7. The fourth-order valence-corrected chi connectivity index (χ4v) is 24.9. The first-order valence-electron chi connectivity index (χ1n) is 57.5. The number of aliphatic hydroxyl groups is 2. The minimum absolute atomic E-state index is 0. The SMILES string of the molecule is CCCCC1=C(c2cc(CCCC)cc(CCCC)c2)[N+](=[N-])C(c2cc(CCCC)cc(CCCC)c2)=C1.CCCCC1=C(c2cc(C[Si](C)(C)C)cc(C[Si](C)(C)C)c2)[N+](=[N-])C(c2cc(C[Si](C)(C)C)cc(C[Si](C)(C)C)c2)=C1CCCC.CCO.CCO.[CH2-]CCCCCCCCCCCCCCCCCCCCC.[CH2-]CCCCCCCCCCCCCCCCCCCCC.[Ni].[Pd+2]. The maximum Gasteiger partial charge on any atom is 2.00 e. The Labute approximate surface area is 875 Å². The van der Waals surface area contributed by atoms with Crippen molar-refractivity contribution < 1.29 is 56.5 Å². The summed E-state index contributed by atoms with van der Waals surface area (Å²) in [4.78, 5) is 0. The smallest absolute Gasteiger partial charge is 0.493 e. The molecule has 2 aliphatic rings. The van der Waals surface area contributed by atoms with Crippen molar-refractivity contribution >= 4 is 55.1 Å². The fourth-order valence-electron chi connectivity index (χ4n) is 19.2. The van der Waals surface area contributed by atoms with Crippen LogP contribution in [0.1, 0.15) is 509 Å². The summed E-state index contributed by atoms with van der Waals surface area (Å²) in [7, 11) is -5.32. The summed E-state index contributed by atoms with van der Waals surface area (Å²) in [6.45, 7) is 61.9. The molecule has 4 aromatic rings. The van der Waals surface area contributed by atoms with E-state index >= 15 is 0 Å². The normalized spacial score (nSPS) is 12.7. The van der Waals surface area contributed by atoms with E-state index in [1.807, 2.05) is 0 Å². The molecular formula is C124H222N4NiO2PdSi4. The van der Waals surface area contributed by atoms with E-state index < -0.39 is 32.3 Å². The maximum atomic E-state index is 12.5. The second-order valence-electron chi connectivity index (χ2n) is 45.6. The van der Waals surface area contributed by atoms with Crippen LogP contribution in [0, 0.1) is 13.8 Å². The first-order chi connectivity index (χ1) is 64.3. The first-order valence-corrected chi connectivity index (χ1v) is 72.3. The number of hydrogen-bond acceptors (Lipinski definition) is 2. The van der Waals surface area contributed by atoms with Gasteiger partial charge < -0.3 is 35.1 Å². The topological polar surface area (TPSA) is 91.1 Å². The minimum Gasteiger partial charge on any atom is -0.493 e. The molecule has 0 aromatic heterocycles. The van der Waals surface area contributed by atoms with Crippen LogP contribution < -0.4 is 0 Å².